The number of amides is 1. The third kappa shape index (κ3) is 5.42. The largest absolute Gasteiger partial charge is 0.483 e. The minimum Gasteiger partial charge on any atom is -0.483 e. The Bertz CT molecular complexity index is 1600. The highest BCUT2D eigenvalue weighted by Crippen LogP contribution is 2.42. The Kier molecular flexibility index (Phi) is 7.61. The van der Waals surface area contributed by atoms with Crippen LogP contribution in [0.4, 0.5) is 24.7 Å². The lowest BCUT2D eigenvalue weighted by atomic mass is 9.93. The van der Waals surface area contributed by atoms with Crippen molar-refractivity contribution in [2.45, 2.75) is 26.6 Å². The van der Waals surface area contributed by atoms with Gasteiger partial charge in [-0.15, -0.1) is 0 Å². The van der Waals surface area contributed by atoms with Gasteiger partial charge in [0.15, 0.2) is 0 Å². The number of aromatic nitrogens is 4. The van der Waals surface area contributed by atoms with Crippen molar-refractivity contribution in [1.29, 1.82) is 0 Å². The summed E-state index contributed by atoms with van der Waals surface area (Å²) >= 11 is 0. The minimum atomic E-state index is -4.57. The fourth-order valence-electron chi connectivity index (χ4n) is 4.41. The molecule has 0 atom stereocenters. The van der Waals surface area contributed by atoms with Crippen molar-refractivity contribution in [3.8, 4) is 22.5 Å². The lowest BCUT2D eigenvalue weighted by molar-refractivity contribution is -0.137. The van der Waals surface area contributed by atoms with Crippen molar-refractivity contribution in [2.75, 3.05) is 24.2 Å². The number of benzene rings is 1. The van der Waals surface area contributed by atoms with Crippen LogP contribution < -0.4 is 16.3 Å². The Morgan fingerprint density at radius 3 is 2.62 bits per heavy atom. The number of nitrogens with one attached hydrogen (secondary N) is 2. The number of carboxylic acid groups (broad SMARTS) is 1. The van der Waals surface area contributed by atoms with E-state index in [0.29, 0.717) is 11.3 Å². The van der Waals surface area contributed by atoms with E-state index >= 15 is 0 Å². The van der Waals surface area contributed by atoms with E-state index in [2.05, 4.69) is 35.1 Å². The molecule has 3 aliphatic rings. The van der Waals surface area contributed by atoms with Crippen LogP contribution in [0.1, 0.15) is 27.2 Å². The maximum atomic E-state index is 13.1. The quantitative estimate of drug-likeness (QED) is 0.335. The Morgan fingerprint density at radius 1 is 1.18 bits per heavy atom. The number of alkyl halides is 3. The van der Waals surface area contributed by atoms with Crippen molar-refractivity contribution < 1.29 is 27.9 Å². The van der Waals surface area contributed by atoms with Gasteiger partial charge in [0.25, 0.3) is 12.4 Å². The molecule has 1 aromatic heterocycles. The number of anilines is 2. The van der Waals surface area contributed by atoms with E-state index in [-0.39, 0.29) is 12.2 Å². The van der Waals surface area contributed by atoms with Gasteiger partial charge in [-0.05, 0) is 54.8 Å². The molecule has 13 heteroatoms. The molecule has 0 saturated carbocycles. The molecule has 4 heterocycles. The highest BCUT2D eigenvalue weighted by Gasteiger charge is 2.31. The Hall–Kier alpha value is -4.81. The second-order valence-corrected chi connectivity index (χ2v) is 8.57. The maximum Gasteiger partial charge on any atom is 0.416 e. The fraction of sp³-hybridized carbons (Fsp3) is 0.231. The van der Waals surface area contributed by atoms with Crippen LogP contribution in [-0.4, -0.2) is 50.6 Å². The second-order valence-electron chi connectivity index (χ2n) is 8.57. The summed E-state index contributed by atoms with van der Waals surface area (Å²) in [4.78, 5) is 37.9. The van der Waals surface area contributed by atoms with Gasteiger partial charge in [-0.3, -0.25) is 19.6 Å². The summed E-state index contributed by atoms with van der Waals surface area (Å²) in [5, 5.41) is 13.0. The zero-order valence-corrected chi connectivity index (χ0v) is 21.2. The standard InChI is InChI=1S/C25H22F3N7O.CH2O2/c1-13-4-5-16(33-23(36)19-10-15(6-7-30-19)25(26,27)28)11-17(13)20-14(2)18-12-32-24(29-3)34-21(18)35-9-8-31-22(20)35;2-1-3/h4-7,10-12,31H,8-9H2,1-3H3,(H,33,36);1H,(H,2,3). The van der Waals surface area contributed by atoms with E-state index in [9.17, 15) is 18.0 Å². The van der Waals surface area contributed by atoms with Gasteiger partial charge in [-0.2, -0.15) is 18.2 Å². The monoisotopic (exact) mass is 539 g/mol. The van der Waals surface area contributed by atoms with Gasteiger partial charge in [0, 0.05) is 49.3 Å². The van der Waals surface area contributed by atoms with E-state index in [1.165, 1.54) is 0 Å². The van der Waals surface area contributed by atoms with Crippen LogP contribution in [0.15, 0.2) is 47.7 Å². The summed E-state index contributed by atoms with van der Waals surface area (Å²) in [6, 6.07) is 6.94. The van der Waals surface area contributed by atoms with Crippen molar-refractivity contribution in [3.05, 3.63) is 70.7 Å². The van der Waals surface area contributed by atoms with Crippen LogP contribution in [0.25, 0.3) is 22.5 Å². The number of nitrogens with zero attached hydrogens (tertiary/aromatic N) is 5. The SMILES string of the molecule is CN=c1ncc2c(C)c(-c3cc(NC(=O)c4cc(C(F)(F)F)ccn4)ccc3C)c3n(c-2n1)CCN3.O=CO. The molecule has 0 unspecified atom stereocenters. The van der Waals surface area contributed by atoms with Gasteiger partial charge in [0.05, 0.1) is 5.56 Å². The maximum absolute atomic E-state index is 13.1. The zero-order chi connectivity index (χ0) is 28.3. The highest BCUT2D eigenvalue weighted by molar-refractivity contribution is 6.03. The molecular formula is C26H24F3N7O3. The van der Waals surface area contributed by atoms with Crippen molar-refractivity contribution in [3.63, 3.8) is 0 Å². The van der Waals surface area contributed by atoms with Gasteiger partial charge < -0.3 is 20.3 Å². The van der Waals surface area contributed by atoms with Crippen LogP contribution in [0, 0.1) is 13.8 Å². The molecule has 0 saturated heterocycles. The van der Waals surface area contributed by atoms with E-state index < -0.39 is 17.6 Å². The number of hydrogen-bond donors (Lipinski definition) is 3. The number of carbonyl (C=O) groups excluding carboxylic acids is 1. The lowest BCUT2D eigenvalue weighted by Crippen LogP contribution is -2.18. The van der Waals surface area contributed by atoms with Crippen LogP contribution >= 0.6 is 0 Å². The molecule has 0 spiro atoms. The van der Waals surface area contributed by atoms with E-state index in [4.69, 9.17) is 9.90 Å². The fourth-order valence-corrected chi connectivity index (χ4v) is 4.41. The van der Waals surface area contributed by atoms with Crippen molar-refractivity contribution in [1.82, 2.24) is 19.5 Å². The molecule has 2 aromatic rings. The molecular weight excluding hydrogens is 515 g/mol. The molecule has 0 fully saturated rings. The van der Waals surface area contributed by atoms with E-state index in [0.717, 1.165) is 70.9 Å². The minimum absolute atomic E-state index is 0.250. The zero-order valence-electron chi connectivity index (χ0n) is 21.2. The summed E-state index contributed by atoms with van der Waals surface area (Å²) in [6.45, 7) is 5.14. The van der Waals surface area contributed by atoms with Gasteiger partial charge in [-0.25, -0.2) is 4.98 Å². The number of pyridine rings is 2. The summed E-state index contributed by atoms with van der Waals surface area (Å²) in [6.07, 6.45) is -1.83. The van der Waals surface area contributed by atoms with Crippen molar-refractivity contribution in [2.24, 2.45) is 4.99 Å². The predicted octanol–water partition coefficient (Wildman–Crippen LogP) is 3.99. The number of fused-ring (bicyclic) bond motifs is 3. The molecule has 1 aromatic carbocycles. The van der Waals surface area contributed by atoms with Crippen LogP contribution in [0.5, 0.6) is 0 Å². The first-order valence-corrected chi connectivity index (χ1v) is 11.7. The molecule has 202 valence electrons. The first-order valence-electron chi connectivity index (χ1n) is 11.7. The number of rotatable bonds is 3. The highest BCUT2D eigenvalue weighted by atomic mass is 19.4. The molecule has 0 radical (unpaired) electrons. The summed E-state index contributed by atoms with van der Waals surface area (Å²) in [5.41, 5.74) is 4.20. The summed E-state index contributed by atoms with van der Waals surface area (Å²) < 4.78 is 41.3. The van der Waals surface area contributed by atoms with Crippen molar-refractivity contribution >= 4 is 23.9 Å². The molecule has 3 N–H and O–H groups in total. The number of hydrogen-bond acceptors (Lipinski definition) is 7. The molecule has 5 rings (SSSR count). The van der Waals surface area contributed by atoms with Gasteiger partial charge in [0.2, 0.25) is 5.62 Å². The third-order valence-electron chi connectivity index (χ3n) is 6.21. The Morgan fingerprint density at radius 2 is 1.92 bits per heavy atom. The van der Waals surface area contributed by atoms with Gasteiger partial charge >= 0.3 is 6.18 Å². The summed E-state index contributed by atoms with van der Waals surface area (Å²) in [7, 11) is 1.64. The molecule has 1 amide bonds. The Balaban J connectivity index is 0.00000112. The molecule has 0 bridgehead atoms. The average Bonchev–Trinajstić information content (AvgIpc) is 3.40. The summed E-state index contributed by atoms with van der Waals surface area (Å²) in [5.74, 6) is 0.949. The molecule has 0 aliphatic carbocycles. The lowest BCUT2D eigenvalue weighted by Gasteiger charge is -2.22. The number of carbonyl (C=O) groups is 2. The predicted molar refractivity (Wildman–Crippen MR) is 137 cm³/mol. The van der Waals surface area contributed by atoms with Gasteiger partial charge in [0.1, 0.15) is 17.3 Å². The number of halogens is 3. The normalized spacial score (nSPS) is 12.8. The second kappa shape index (κ2) is 10.9. The van der Waals surface area contributed by atoms with Gasteiger partial charge in [-0.1, -0.05) is 6.07 Å². The van der Waals surface area contributed by atoms with Crippen LogP contribution in [-0.2, 0) is 17.5 Å². The van der Waals surface area contributed by atoms with Crippen LogP contribution in [0.2, 0.25) is 0 Å². The molecule has 39 heavy (non-hydrogen) atoms. The third-order valence-corrected chi connectivity index (χ3v) is 6.21. The van der Waals surface area contributed by atoms with Crippen LogP contribution in [0.3, 0.4) is 0 Å². The first-order chi connectivity index (χ1) is 18.6. The van der Waals surface area contributed by atoms with E-state index in [1.54, 1.807) is 19.3 Å². The topological polar surface area (TPSA) is 134 Å². The first kappa shape index (κ1) is 27.2. The molecule has 10 nitrogen and oxygen atoms in total. The smallest absolute Gasteiger partial charge is 0.416 e. The average molecular weight is 540 g/mol. The number of aryl methyl sites for hydroxylation is 1. The van der Waals surface area contributed by atoms with E-state index in [1.807, 2.05) is 26.0 Å². The molecule has 3 aliphatic heterocycles. The Labute approximate surface area is 220 Å².